The molecule has 0 aromatic rings. The van der Waals surface area contributed by atoms with Crippen LogP contribution in [0.25, 0.3) is 0 Å². The summed E-state index contributed by atoms with van der Waals surface area (Å²) in [5.41, 5.74) is 5.98. The molecule has 0 spiro atoms. The van der Waals surface area contributed by atoms with E-state index in [4.69, 9.17) is 10.5 Å². The van der Waals surface area contributed by atoms with Crippen LogP contribution in [-0.4, -0.2) is 43.7 Å². The van der Waals surface area contributed by atoms with Crippen LogP contribution in [0, 0.1) is 11.8 Å². The quantitative estimate of drug-likeness (QED) is 0.657. The predicted octanol–water partition coefficient (Wildman–Crippen LogP) is 1.49. The summed E-state index contributed by atoms with van der Waals surface area (Å²) in [5.74, 6) is 0.314. The van der Waals surface area contributed by atoms with E-state index in [9.17, 15) is 4.79 Å². The van der Waals surface area contributed by atoms with E-state index in [-0.39, 0.29) is 17.9 Å². The molecule has 17 heavy (non-hydrogen) atoms. The van der Waals surface area contributed by atoms with Crippen LogP contribution in [-0.2, 0) is 9.53 Å². The summed E-state index contributed by atoms with van der Waals surface area (Å²) in [5, 5.41) is 0. The lowest BCUT2D eigenvalue weighted by Crippen LogP contribution is -2.35. The van der Waals surface area contributed by atoms with Gasteiger partial charge in [0, 0.05) is 12.6 Å². The first kappa shape index (κ1) is 16.4. The van der Waals surface area contributed by atoms with Crippen molar-refractivity contribution < 1.29 is 9.53 Å². The zero-order valence-electron chi connectivity index (χ0n) is 11.9. The minimum Gasteiger partial charge on any atom is -0.466 e. The summed E-state index contributed by atoms with van der Waals surface area (Å²) in [6, 6.07) is 0.232. The molecule has 0 aliphatic carbocycles. The monoisotopic (exact) mass is 244 g/mol. The molecular weight excluding hydrogens is 216 g/mol. The second-order valence-corrected chi connectivity index (χ2v) is 5.11. The number of hydrogen-bond acceptors (Lipinski definition) is 4. The normalized spacial score (nSPS) is 15.1. The van der Waals surface area contributed by atoms with Gasteiger partial charge in [-0.3, -0.25) is 4.79 Å². The molecule has 0 saturated carbocycles. The average Bonchev–Trinajstić information content (AvgIpc) is 2.25. The minimum absolute atomic E-state index is 0.0739. The van der Waals surface area contributed by atoms with Gasteiger partial charge >= 0.3 is 5.97 Å². The van der Waals surface area contributed by atoms with Gasteiger partial charge in [0.15, 0.2) is 0 Å². The third-order valence-electron chi connectivity index (χ3n) is 2.97. The first-order valence-corrected chi connectivity index (χ1v) is 6.49. The fraction of sp³-hybridized carbons (Fsp3) is 0.923. The molecule has 2 N–H and O–H groups in total. The zero-order valence-corrected chi connectivity index (χ0v) is 11.9. The van der Waals surface area contributed by atoms with Gasteiger partial charge in [0.25, 0.3) is 0 Å². The number of hydrogen-bond donors (Lipinski definition) is 1. The molecule has 0 amide bonds. The Morgan fingerprint density at radius 1 is 1.35 bits per heavy atom. The lowest BCUT2D eigenvalue weighted by Gasteiger charge is -2.23. The Balaban J connectivity index is 3.85. The van der Waals surface area contributed by atoms with Crippen molar-refractivity contribution in [1.82, 2.24) is 4.90 Å². The van der Waals surface area contributed by atoms with E-state index < -0.39 is 0 Å². The lowest BCUT2D eigenvalue weighted by molar-refractivity contribution is -0.147. The summed E-state index contributed by atoms with van der Waals surface area (Å²) in [6.07, 6.45) is 0.962. The van der Waals surface area contributed by atoms with Crippen molar-refractivity contribution in [2.45, 2.75) is 40.2 Å². The van der Waals surface area contributed by atoms with E-state index in [0.717, 1.165) is 19.5 Å². The van der Waals surface area contributed by atoms with Gasteiger partial charge < -0.3 is 15.4 Å². The van der Waals surface area contributed by atoms with Crippen LogP contribution in [0.15, 0.2) is 0 Å². The highest BCUT2D eigenvalue weighted by Crippen LogP contribution is 2.06. The third kappa shape index (κ3) is 7.34. The Bertz CT molecular complexity index is 219. The summed E-state index contributed by atoms with van der Waals surface area (Å²) in [4.78, 5) is 13.6. The molecule has 2 unspecified atom stereocenters. The maximum absolute atomic E-state index is 11.5. The minimum atomic E-state index is -0.118. The van der Waals surface area contributed by atoms with Crippen molar-refractivity contribution in [3.63, 3.8) is 0 Å². The molecule has 0 aliphatic heterocycles. The highest BCUT2D eigenvalue weighted by atomic mass is 16.5. The van der Waals surface area contributed by atoms with E-state index in [2.05, 4.69) is 18.7 Å². The van der Waals surface area contributed by atoms with Crippen molar-refractivity contribution in [3.8, 4) is 0 Å². The highest BCUT2D eigenvalue weighted by Gasteiger charge is 2.16. The van der Waals surface area contributed by atoms with Gasteiger partial charge in [0.1, 0.15) is 0 Å². The van der Waals surface area contributed by atoms with Gasteiger partial charge in [-0.15, -0.1) is 0 Å². The highest BCUT2D eigenvalue weighted by molar-refractivity contribution is 5.72. The molecule has 0 fully saturated rings. The van der Waals surface area contributed by atoms with Crippen LogP contribution in [0.4, 0.5) is 0 Å². The first-order valence-electron chi connectivity index (χ1n) is 6.49. The molecule has 0 aromatic carbocycles. The Morgan fingerprint density at radius 3 is 2.41 bits per heavy atom. The summed E-state index contributed by atoms with van der Waals surface area (Å²) in [6.45, 7) is 10.1. The fourth-order valence-electron chi connectivity index (χ4n) is 1.62. The molecule has 4 nitrogen and oxygen atoms in total. The fourth-order valence-corrected chi connectivity index (χ4v) is 1.62. The number of nitrogens with zero attached hydrogens (tertiary/aromatic N) is 1. The number of ether oxygens (including phenoxy) is 1. The summed E-state index contributed by atoms with van der Waals surface area (Å²) in [7, 11) is 2.02. The average molecular weight is 244 g/mol. The Labute approximate surface area is 105 Å². The van der Waals surface area contributed by atoms with Crippen LogP contribution >= 0.6 is 0 Å². The van der Waals surface area contributed by atoms with Gasteiger partial charge in [0.2, 0.25) is 0 Å². The molecule has 2 atom stereocenters. The predicted molar refractivity (Wildman–Crippen MR) is 70.7 cm³/mol. The molecule has 102 valence electrons. The SMILES string of the molecule is CCOC(=O)C(C)CN(C)CCC(N)C(C)C. The number of rotatable bonds is 8. The lowest BCUT2D eigenvalue weighted by atomic mass is 10.0. The standard InChI is InChI=1S/C13H28N2O2/c1-6-17-13(16)11(4)9-15(5)8-7-12(14)10(2)3/h10-12H,6-9,14H2,1-5H3. The topological polar surface area (TPSA) is 55.6 Å². The van der Waals surface area contributed by atoms with Gasteiger partial charge in [-0.05, 0) is 32.9 Å². The number of carbonyl (C=O) groups is 1. The van der Waals surface area contributed by atoms with E-state index in [1.165, 1.54) is 0 Å². The molecular formula is C13H28N2O2. The van der Waals surface area contributed by atoms with Gasteiger partial charge in [-0.2, -0.15) is 0 Å². The van der Waals surface area contributed by atoms with Crippen LogP contribution < -0.4 is 5.73 Å². The molecule has 0 aliphatic rings. The van der Waals surface area contributed by atoms with Gasteiger partial charge in [0.05, 0.1) is 12.5 Å². The van der Waals surface area contributed by atoms with E-state index in [1.54, 1.807) is 0 Å². The second-order valence-electron chi connectivity index (χ2n) is 5.11. The Morgan fingerprint density at radius 2 is 1.94 bits per heavy atom. The molecule has 0 rings (SSSR count). The number of esters is 1. The number of nitrogens with two attached hydrogens (primary N) is 1. The number of carbonyl (C=O) groups excluding carboxylic acids is 1. The van der Waals surface area contributed by atoms with Gasteiger partial charge in [-0.25, -0.2) is 0 Å². The summed E-state index contributed by atoms with van der Waals surface area (Å²) >= 11 is 0. The third-order valence-corrected chi connectivity index (χ3v) is 2.97. The smallest absolute Gasteiger partial charge is 0.309 e. The summed E-state index contributed by atoms with van der Waals surface area (Å²) < 4.78 is 4.98. The van der Waals surface area contributed by atoms with Crippen LogP contribution in [0.5, 0.6) is 0 Å². The molecule has 0 heterocycles. The largest absolute Gasteiger partial charge is 0.466 e. The van der Waals surface area contributed by atoms with Crippen LogP contribution in [0.1, 0.15) is 34.1 Å². The zero-order chi connectivity index (χ0) is 13.4. The maximum Gasteiger partial charge on any atom is 0.309 e. The molecule has 0 saturated heterocycles. The molecule has 0 aromatic heterocycles. The van der Waals surface area contributed by atoms with E-state index in [1.807, 2.05) is 20.9 Å². The Kier molecular flexibility index (Phi) is 8.17. The van der Waals surface area contributed by atoms with Gasteiger partial charge in [-0.1, -0.05) is 20.8 Å². The second kappa shape index (κ2) is 8.48. The van der Waals surface area contributed by atoms with Crippen molar-refractivity contribution in [2.24, 2.45) is 17.6 Å². The molecule has 0 radical (unpaired) electrons. The molecule has 0 bridgehead atoms. The Hall–Kier alpha value is -0.610. The first-order chi connectivity index (χ1) is 7.88. The van der Waals surface area contributed by atoms with E-state index in [0.29, 0.717) is 12.5 Å². The van der Waals surface area contributed by atoms with Crippen molar-refractivity contribution in [1.29, 1.82) is 0 Å². The maximum atomic E-state index is 11.5. The van der Waals surface area contributed by atoms with Crippen LogP contribution in [0.3, 0.4) is 0 Å². The van der Waals surface area contributed by atoms with Crippen molar-refractivity contribution in [2.75, 3.05) is 26.7 Å². The van der Waals surface area contributed by atoms with Crippen molar-refractivity contribution >= 4 is 5.97 Å². The molecule has 4 heteroatoms. The van der Waals surface area contributed by atoms with Crippen LogP contribution in [0.2, 0.25) is 0 Å². The van der Waals surface area contributed by atoms with E-state index >= 15 is 0 Å². The van der Waals surface area contributed by atoms with Crippen molar-refractivity contribution in [3.05, 3.63) is 0 Å².